The minimum absolute atomic E-state index is 0.103. The fraction of sp³-hybridized carbons (Fsp3) is 0.500. The first-order chi connectivity index (χ1) is 9.97. The van der Waals surface area contributed by atoms with E-state index in [4.69, 9.17) is 10.5 Å². The third kappa shape index (κ3) is 5.55. The van der Waals surface area contributed by atoms with Crippen molar-refractivity contribution in [3.8, 4) is 11.5 Å². The van der Waals surface area contributed by atoms with Crippen LogP contribution in [0.5, 0.6) is 11.5 Å². The fourth-order valence-corrected chi connectivity index (χ4v) is 1.71. The molecule has 0 fully saturated rings. The van der Waals surface area contributed by atoms with E-state index in [1.54, 1.807) is 0 Å². The molecule has 1 atom stereocenters. The van der Waals surface area contributed by atoms with Crippen LogP contribution in [0.1, 0.15) is 26.2 Å². The van der Waals surface area contributed by atoms with E-state index in [0.29, 0.717) is 12.2 Å². The predicted molar refractivity (Wildman–Crippen MR) is 75.8 cm³/mol. The van der Waals surface area contributed by atoms with Crippen molar-refractivity contribution >= 4 is 11.6 Å². The molecule has 1 aromatic rings. The highest BCUT2D eigenvalue weighted by Gasteiger charge is 2.17. The van der Waals surface area contributed by atoms with Crippen LogP contribution >= 0.6 is 0 Å². The second-order valence-electron chi connectivity index (χ2n) is 4.48. The average molecular weight is 302 g/mol. The average Bonchev–Trinajstić information content (AvgIpc) is 2.45. The highest BCUT2D eigenvalue weighted by Crippen LogP contribution is 2.30. The van der Waals surface area contributed by atoms with E-state index in [0.717, 1.165) is 12.8 Å². The normalized spacial score (nSPS) is 12.1. The lowest BCUT2D eigenvalue weighted by Gasteiger charge is -2.16. The third-order valence-electron chi connectivity index (χ3n) is 2.87. The van der Waals surface area contributed by atoms with Crippen LogP contribution < -0.4 is 20.5 Å². The molecule has 0 aliphatic carbocycles. The molecular weight excluding hydrogens is 282 g/mol. The van der Waals surface area contributed by atoms with Crippen LogP contribution in [0.25, 0.3) is 0 Å². The number of halogens is 2. The number of rotatable bonds is 8. The van der Waals surface area contributed by atoms with Crippen molar-refractivity contribution in [1.82, 2.24) is 0 Å². The zero-order valence-corrected chi connectivity index (χ0v) is 12.1. The number of carbonyl (C=O) groups excluding carboxylic acids is 1. The molecule has 0 radical (unpaired) electrons. The molecule has 0 bridgehead atoms. The summed E-state index contributed by atoms with van der Waals surface area (Å²) in [6, 6.07) is 3.47. The van der Waals surface area contributed by atoms with Crippen LogP contribution in [0.3, 0.4) is 0 Å². The van der Waals surface area contributed by atoms with Gasteiger partial charge < -0.3 is 20.5 Å². The number of amides is 1. The zero-order valence-electron chi connectivity index (χ0n) is 12.1. The Balaban J connectivity index is 2.85. The minimum Gasteiger partial charge on any atom is -0.497 e. The number of nitrogens with two attached hydrogens (primary N) is 1. The molecule has 3 N–H and O–H groups in total. The topological polar surface area (TPSA) is 73.6 Å². The Morgan fingerprint density at radius 2 is 2.14 bits per heavy atom. The Bertz CT molecular complexity index is 470. The molecule has 0 heterocycles. The number of carbonyl (C=O) groups is 1. The first kappa shape index (κ1) is 17.2. The first-order valence-electron chi connectivity index (χ1n) is 6.67. The van der Waals surface area contributed by atoms with E-state index in [2.05, 4.69) is 10.1 Å². The van der Waals surface area contributed by atoms with E-state index in [9.17, 15) is 13.6 Å². The van der Waals surface area contributed by atoms with Gasteiger partial charge in [0.2, 0.25) is 5.91 Å². The number of alkyl halides is 2. The summed E-state index contributed by atoms with van der Waals surface area (Å²) in [6.07, 6.45) is 2.25. The summed E-state index contributed by atoms with van der Waals surface area (Å²) in [5, 5.41) is 2.50. The molecule has 21 heavy (non-hydrogen) atoms. The summed E-state index contributed by atoms with van der Waals surface area (Å²) in [7, 11) is 1.43. The Labute approximate surface area is 122 Å². The molecule has 1 aromatic carbocycles. The Hall–Kier alpha value is -1.89. The van der Waals surface area contributed by atoms with E-state index < -0.39 is 18.6 Å². The molecule has 1 unspecified atom stereocenters. The smallest absolute Gasteiger partial charge is 0.387 e. The van der Waals surface area contributed by atoms with Gasteiger partial charge in [0.15, 0.2) is 0 Å². The maximum atomic E-state index is 12.4. The number of methoxy groups -OCH3 is 1. The lowest BCUT2D eigenvalue weighted by molar-refractivity contribution is -0.117. The van der Waals surface area contributed by atoms with E-state index >= 15 is 0 Å². The molecular formula is C14H20F2N2O3. The van der Waals surface area contributed by atoms with Crippen molar-refractivity contribution in [3.05, 3.63) is 18.2 Å². The van der Waals surface area contributed by atoms with Crippen LogP contribution in [0.15, 0.2) is 18.2 Å². The van der Waals surface area contributed by atoms with Crippen molar-refractivity contribution in [2.24, 2.45) is 5.73 Å². The summed E-state index contributed by atoms with van der Waals surface area (Å²) in [6.45, 7) is -0.996. The van der Waals surface area contributed by atoms with Crippen molar-refractivity contribution in [3.63, 3.8) is 0 Å². The Morgan fingerprint density at radius 3 is 2.71 bits per heavy atom. The van der Waals surface area contributed by atoms with Gasteiger partial charge in [0.1, 0.15) is 11.5 Å². The van der Waals surface area contributed by atoms with Crippen molar-refractivity contribution in [1.29, 1.82) is 0 Å². The fourth-order valence-electron chi connectivity index (χ4n) is 1.71. The molecule has 0 aromatic heterocycles. The minimum atomic E-state index is -2.98. The highest BCUT2D eigenvalue weighted by molar-refractivity contribution is 5.96. The van der Waals surface area contributed by atoms with Crippen LogP contribution in [0.2, 0.25) is 0 Å². The zero-order chi connectivity index (χ0) is 15.8. The SMILES string of the molecule is CCCCC(N)C(=O)Nc1cc(OC)ccc1OC(F)F. The van der Waals surface area contributed by atoms with E-state index in [1.807, 2.05) is 6.92 Å². The number of anilines is 1. The highest BCUT2D eigenvalue weighted by atomic mass is 19.3. The van der Waals surface area contributed by atoms with Gasteiger partial charge in [0, 0.05) is 6.07 Å². The van der Waals surface area contributed by atoms with Crippen molar-refractivity contribution in [2.75, 3.05) is 12.4 Å². The van der Waals surface area contributed by atoms with Gasteiger partial charge in [-0.2, -0.15) is 8.78 Å². The van der Waals surface area contributed by atoms with Crippen LogP contribution in [-0.2, 0) is 4.79 Å². The van der Waals surface area contributed by atoms with E-state index in [1.165, 1.54) is 25.3 Å². The molecule has 5 nitrogen and oxygen atoms in total. The van der Waals surface area contributed by atoms with Gasteiger partial charge in [-0.3, -0.25) is 4.79 Å². The number of hydrogen-bond acceptors (Lipinski definition) is 4. The van der Waals surface area contributed by atoms with Gasteiger partial charge in [-0.25, -0.2) is 0 Å². The summed E-state index contributed by atoms with van der Waals surface area (Å²) in [5.41, 5.74) is 5.84. The molecule has 7 heteroatoms. The number of ether oxygens (including phenoxy) is 2. The van der Waals surface area contributed by atoms with Gasteiger partial charge in [0.25, 0.3) is 0 Å². The summed E-state index contributed by atoms with van der Waals surface area (Å²) < 4.78 is 34.1. The number of unbranched alkanes of at least 4 members (excludes halogenated alkanes) is 1. The number of benzene rings is 1. The summed E-state index contributed by atoms with van der Waals surface area (Å²) in [4.78, 5) is 11.9. The molecule has 118 valence electrons. The summed E-state index contributed by atoms with van der Waals surface area (Å²) in [5.74, 6) is -0.174. The molecule has 0 spiro atoms. The first-order valence-corrected chi connectivity index (χ1v) is 6.67. The maximum absolute atomic E-state index is 12.4. The standard InChI is InChI=1S/C14H20F2N2O3/c1-3-4-5-10(17)13(19)18-11-8-9(20-2)6-7-12(11)21-14(15)16/h6-8,10,14H,3-5,17H2,1-2H3,(H,18,19). The summed E-state index contributed by atoms with van der Waals surface area (Å²) >= 11 is 0. The second-order valence-corrected chi connectivity index (χ2v) is 4.48. The molecule has 1 amide bonds. The van der Waals surface area contributed by atoms with E-state index in [-0.39, 0.29) is 11.4 Å². The van der Waals surface area contributed by atoms with Gasteiger partial charge >= 0.3 is 6.61 Å². The van der Waals surface area contributed by atoms with Crippen molar-refractivity contribution in [2.45, 2.75) is 38.8 Å². The monoisotopic (exact) mass is 302 g/mol. The van der Waals surface area contributed by atoms with Crippen LogP contribution in [0.4, 0.5) is 14.5 Å². The molecule has 0 aliphatic rings. The van der Waals surface area contributed by atoms with Crippen LogP contribution in [-0.4, -0.2) is 25.7 Å². The largest absolute Gasteiger partial charge is 0.497 e. The number of nitrogens with one attached hydrogen (secondary N) is 1. The predicted octanol–water partition coefficient (Wildman–Crippen LogP) is 2.75. The molecule has 0 saturated heterocycles. The second kappa shape index (κ2) is 8.41. The molecule has 0 aliphatic heterocycles. The van der Waals surface area contributed by atoms with Gasteiger partial charge in [-0.15, -0.1) is 0 Å². The molecule has 0 saturated carbocycles. The maximum Gasteiger partial charge on any atom is 0.387 e. The van der Waals surface area contributed by atoms with Gasteiger partial charge in [-0.05, 0) is 18.6 Å². The number of hydrogen-bond donors (Lipinski definition) is 2. The van der Waals surface area contributed by atoms with Gasteiger partial charge in [-0.1, -0.05) is 19.8 Å². The quantitative estimate of drug-likeness (QED) is 0.774. The molecule has 1 rings (SSSR count). The lowest BCUT2D eigenvalue weighted by atomic mass is 10.1. The van der Waals surface area contributed by atoms with Crippen molar-refractivity contribution < 1.29 is 23.0 Å². The lowest BCUT2D eigenvalue weighted by Crippen LogP contribution is -2.35. The van der Waals surface area contributed by atoms with Crippen LogP contribution in [0, 0.1) is 0 Å². The third-order valence-corrected chi connectivity index (χ3v) is 2.87. The Kier molecular flexibility index (Phi) is 6.87. The van der Waals surface area contributed by atoms with Gasteiger partial charge in [0.05, 0.1) is 18.8 Å². The Morgan fingerprint density at radius 1 is 1.43 bits per heavy atom.